The van der Waals surface area contributed by atoms with Gasteiger partial charge in [0.15, 0.2) is 0 Å². The van der Waals surface area contributed by atoms with Crippen molar-refractivity contribution in [3.05, 3.63) is 0 Å². The van der Waals surface area contributed by atoms with Crippen LogP contribution in [-0.4, -0.2) is 81.8 Å². The molecule has 12 nitrogen and oxygen atoms in total. The zero-order valence-electron chi connectivity index (χ0n) is 23.0. The van der Waals surface area contributed by atoms with Gasteiger partial charge in [0, 0.05) is 6.42 Å². The van der Waals surface area contributed by atoms with Crippen molar-refractivity contribution in [1.82, 2.24) is 21.3 Å². The number of aliphatic carboxylic acids is 2. The van der Waals surface area contributed by atoms with Gasteiger partial charge >= 0.3 is 11.9 Å². The Bertz CT molecular complexity index is 796. The van der Waals surface area contributed by atoms with Crippen molar-refractivity contribution < 1.29 is 39.3 Å². The molecule has 0 aromatic rings. The summed E-state index contributed by atoms with van der Waals surface area (Å²) in [7, 11) is 0. The molecule has 1 fully saturated rings. The topological polar surface area (TPSA) is 194 Å². The molecule has 0 aromatic heterocycles. The Kier molecular flexibility index (Phi) is 14.9. The van der Waals surface area contributed by atoms with Gasteiger partial charge in [-0.15, -0.1) is 0 Å². The number of hydrogen-bond donors (Lipinski definition) is 7. The van der Waals surface area contributed by atoms with Gasteiger partial charge in [-0.1, -0.05) is 52.4 Å². The van der Waals surface area contributed by atoms with E-state index < -0.39 is 59.9 Å². The third kappa shape index (κ3) is 12.2. The van der Waals surface area contributed by atoms with Gasteiger partial charge in [0.1, 0.15) is 18.1 Å². The zero-order valence-corrected chi connectivity index (χ0v) is 23.0. The standard InChI is InChI=1S/C26H46N4O8/c1-15(2)21(26(37)38)29-23(34)16(3)28-25(36)22(17(4)31)30-24(35)19(11-12-20(32)33)27-14-13-18-9-7-5-6-8-10-18/h15-19,21-22,27,31H,5-14H2,1-4H3,(H,28,36)(H,29,34)(H,30,35)(H,32,33)(H,37,38)/t16-,17+,19-,21-,22-/m0/s1. The molecule has 1 rings (SSSR count). The first-order chi connectivity index (χ1) is 17.8. The number of carboxylic acids is 2. The van der Waals surface area contributed by atoms with E-state index in [1.165, 1.54) is 39.5 Å². The van der Waals surface area contributed by atoms with Crippen molar-refractivity contribution in [2.45, 2.75) is 116 Å². The average Bonchev–Trinajstić information content (AvgIpc) is 3.10. The normalized spacial score (nSPS) is 18.4. The van der Waals surface area contributed by atoms with Crippen molar-refractivity contribution >= 4 is 29.7 Å². The summed E-state index contributed by atoms with van der Waals surface area (Å²) >= 11 is 0. The van der Waals surface area contributed by atoms with Crippen LogP contribution in [0.15, 0.2) is 0 Å². The van der Waals surface area contributed by atoms with Crippen LogP contribution in [0.25, 0.3) is 0 Å². The Labute approximate surface area is 224 Å². The number of carbonyl (C=O) groups is 5. The second-order valence-corrected chi connectivity index (χ2v) is 10.6. The van der Waals surface area contributed by atoms with Crippen LogP contribution >= 0.6 is 0 Å². The lowest BCUT2D eigenvalue weighted by Gasteiger charge is -2.27. The fourth-order valence-corrected chi connectivity index (χ4v) is 4.53. The van der Waals surface area contributed by atoms with E-state index in [0.29, 0.717) is 12.5 Å². The summed E-state index contributed by atoms with van der Waals surface area (Å²) in [5, 5.41) is 38.9. The van der Waals surface area contributed by atoms with Crippen LogP contribution in [0.1, 0.15) is 85.5 Å². The molecule has 38 heavy (non-hydrogen) atoms. The molecule has 7 N–H and O–H groups in total. The summed E-state index contributed by atoms with van der Waals surface area (Å²) in [6, 6.07) is -4.57. The summed E-state index contributed by atoms with van der Waals surface area (Å²) in [4.78, 5) is 60.8. The Morgan fingerprint density at radius 2 is 1.37 bits per heavy atom. The Hall–Kier alpha value is -2.73. The molecule has 0 spiro atoms. The predicted octanol–water partition coefficient (Wildman–Crippen LogP) is 0.766. The van der Waals surface area contributed by atoms with E-state index in [-0.39, 0.29) is 18.8 Å². The van der Waals surface area contributed by atoms with Gasteiger partial charge in [0.05, 0.1) is 12.1 Å². The minimum atomic E-state index is -1.41. The van der Waals surface area contributed by atoms with Gasteiger partial charge in [-0.25, -0.2) is 4.79 Å². The SMILES string of the molecule is CC(C)[C@H](NC(=O)[C@H](C)NC(=O)[C@@H](NC(=O)[C@H](CCC(=O)O)NCCC1CCCCCC1)[C@@H](C)O)C(=O)O. The number of amides is 3. The smallest absolute Gasteiger partial charge is 0.326 e. The van der Waals surface area contributed by atoms with Gasteiger partial charge in [0.25, 0.3) is 0 Å². The van der Waals surface area contributed by atoms with Crippen LogP contribution in [0.3, 0.4) is 0 Å². The lowest BCUT2D eigenvalue weighted by Crippen LogP contribution is -2.59. The molecule has 12 heteroatoms. The summed E-state index contributed by atoms with van der Waals surface area (Å²) < 4.78 is 0. The number of carboxylic acid groups (broad SMARTS) is 2. The molecule has 0 unspecified atom stereocenters. The van der Waals surface area contributed by atoms with Crippen molar-refractivity contribution in [1.29, 1.82) is 0 Å². The van der Waals surface area contributed by atoms with Gasteiger partial charge in [-0.05, 0) is 45.1 Å². The van der Waals surface area contributed by atoms with E-state index >= 15 is 0 Å². The van der Waals surface area contributed by atoms with Crippen molar-refractivity contribution in [2.24, 2.45) is 11.8 Å². The van der Waals surface area contributed by atoms with Gasteiger partial charge in [-0.3, -0.25) is 19.2 Å². The first kappa shape index (κ1) is 33.3. The van der Waals surface area contributed by atoms with Gasteiger partial charge in [-0.2, -0.15) is 0 Å². The summed E-state index contributed by atoms with van der Waals surface area (Å²) in [6.45, 7) is 6.45. The van der Waals surface area contributed by atoms with E-state index in [1.54, 1.807) is 13.8 Å². The Morgan fingerprint density at radius 3 is 1.87 bits per heavy atom. The highest BCUT2D eigenvalue weighted by atomic mass is 16.4. The van der Waals surface area contributed by atoms with E-state index in [2.05, 4.69) is 21.3 Å². The highest BCUT2D eigenvalue weighted by Gasteiger charge is 2.32. The lowest BCUT2D eigenvalue weighted by atomic mass is 9.96. The second-order valence-electron chi connectivity index (χ2n) is 10.6. The fraction of sp³-hybridized carbons (Fsp3) is 0.808. The van der Waals surface area contributed by atoms with Crippen molar-refractivity contribution in [3.63, 3.8) is 0 Å². The van der Waals surface area contributed by atoms with Crippen LogP contribution < -0.4 is 21.3 Å². The minimum Gasteiger partial charge on any atom is -0.481 e. The molecule has 1 aliphatic carbocycles. The minimum absolute atomic E-state index is 0.00453. The first-order valence-electron chi connectivity index (χ1n) is 13.6. The second kappa shape index (κ2) is 17.0. The number of aliphatic hydroxyl groups excluding tert-OH is 1. The van der Waals surface area contributed by atoms with Crippen LogP contribution in [0.5, 0.6) is 0 Å². The third-order valence-electron chi connectivity index (χ3n) is 6.93. The Morgan fingerprint density at radius 1 is 0.789 bits per heavy atom. The molecule has 1 aliphatic rings. The maximum Gasteiger partial charge on any atom is 0.326 e. The number of aliphatic hydroxyl groups is 1. The number of hydrogen-bond acceptors (Lipinski definition) is 7. The number of rotatable bonds is 16. The van der Waals surface area contributed by atoms with Gasteiger partial charge in [0.2, 0.25) is 17.7 Å². The molecular weight excluding hydrogens is 496 g/mol. The van der Waals surface area contributed by atoms with E-state index in [9.17, 15) is 34.2 Å². The number of carbonyl (C=O) groups excluding carboxylic acids is 3. The molecule has 0 aliphatic heterocycles. The van der Waals surface area contributed by atoms with Crippen LogP contribution in [0.2, 0.25) is 0 Å². The molecule has 218 valence electrons. The predicted molar refractivity (Wildman–Crippen MR) is 140 cm³/mol. The monoisotopic (exact) mass is 542 g/mol. The maximum atomic E-state index is 13.0. The summed E-state index contributed by atoms with van der Waals surface area (Å²) in [6.07, 6.45) is 6.39. The van der Waals surface area contributed by atoms with E-state index in [1.807, 2.05) is 0 Å². The van der Waals surface area contributed by atoms with E-state index in [4.69, 9.17) is 5.11 Å². The summed E-state index contributed by atoms with van der Waals surface area (Å²) in [5.74, 6) is -4.29. The first-order valence-corrected chi connectivity index (χ1v) is 13.6. The molecular formula is C26H46N4O8. The zero-order chi connectivity index (χ0) is 28.8. The molecule has 5 atom stereocenters. The third-order valence-corrected chi connectivity index (χ3v) is 6.93. The Balaban J connectivity index is 2.78. The van der Waals surface area contributed by atoms with Gasteiger partial charge < -0.3 is 36.6 Å². The lowest BCUT2D eigenvalue weighted by molar-refractivity contribution is -0.143. The highest BCUT2D eigenvalue weighted by Crippen LogP contribution is 2.25. The quantitative estimate of drug-likeness (QED) is 0.138. The summed E-state index contributed by atoms with van der Waals surface area (Å²) in [5.41, 5.74) is 0. The molecule has 0 bridgehead atoms. The molecule has 1 saturated carbocycles. The van der Waals surface area contributed by atoms with Crippen molar-refractivity contribution in [3.8, 4) is 0 Å². The van der Waals surface area contributed by atoms with Crippen LogP contribution in [0.4, 0.5) is 0 Å². The van der Waals surface area contributed by atoms with E-state index in [0.717, 1.165) is 19.3 Å². The van der Waals surface area contributed by atoms with Crippen LogP contribution in [0, 0.1) is 11.8 Å². The number of nitrogens with one attached hydrogen (secondary N) is 4. The molecule has 0 heterocycles. The largest absolute Gasteiger partial charge is 0.481 e. The molecule has 3 amide bonds. The van der Waals surface area contributed by atoms with Crippen molar-refractivity contribution in [2.75, 3.05) is 6.54 Å². The van der Waals surface area contributed by atoms with Crippen LogP contribution in [-0.2, 0) is 24.0 Å². The average molecular weight is 543 g/mol. The molecule has 0 radical (unpaired) electrons. The molecule has 0 aromatic carbocycles. The highest BCUT2D eigenvalue weighted by molar-refractivity contribution is 5.94. The molecule has 0 saturated heterocycles. The maximum absolute atomic E-state index is 13.0. The fourth-order valence-electron chi connectivity index (χ4n) is 4.53.